The molecular formula is C21H26N4O4S. The van der Waals surface area contributed by atoms with Gasteiger partial charge in [-0.05, 0) is 43.2 Å². The molecule has 1 fully saturated rings. The molecule has 0 radical (unpaired) electrons. The number of sulfonamides is 1. The SMILES string of the molecule is CC(C)C(=O)Nc1cccc(NC(=O)C2CCN(S(=O)(=O)c3cccnc3)CC2)c1. The minimum atomic E-state index is -3.60. The second-order valence-electron chi connectivity index (χ2n) is 7.58. The molecule has 30 heavy (non-hydrogen) atoms. The maximum Gasteiger partial charge on any atom is 0.244 e. The van der Waals surface area contributed by atoms with E-state index in [1.54, 1.807) is 30.3 Å². The quantitative estimate of drug-likeness (QED) is 0.732. The molecule has 9 heteroatoms. The molecule has 0 atom stereocenters. The van der Waals surface area contributed by atoms with Crippen molar-refractivity contribution in [2.45, 2.75) is 31.6 Å². The molecule has 3 rings (SSSR count). The van der Waals surface area contributed by atoms with Crippen LogP contribution in [0.25, 0.3) is 0 Å². The lowest BCUT2D eigenvalue weighted by Gasteiger charge is -2.30. The summed E-state index contributed by atoms with van der Waals surface area (Å²) in [5.41, 5.74) is 1.20. The predicted molar refractivity (Wildman–Crippen MR) is 114 cm³/mol. The van der Waals surface area contributed by atoms with Crippen LogP contribution in [0.4, 0.5) is 11.4 Å². The molecule has 0 aliphatic carbocycles. The number of rotatable bonds is 6. The van der Waals surface area contributed by atoms with E-state index in [1.165, 1.54) is 22.8 Å². The van der Waals surface area contributed by atoms with Crippen LogP contribution in [0.1, 0.15) is 26.7 Å². The largest absolute Gasteiger partial charge is 0.326 e. The molecule has 1 saturated heterocycles. The lowest BCUT2D eigenvalue weighted by molar-refractivity contribution is -0.121. The van der Waals surface area contributed by atoms with E-state index in [2.05, 4.69) is 15.6 Å². The van der Waals surface area contributed by atoms with E-state index in [4.69, 9.17) is 0 Å². The number of piperidine rings is 1. The third-order valence-corrected chi connectivity index (χ3v) is 6.90. The van der Waals surface area contributed by atoms with Crippen LogP contribution in [0, 0.1) is 11.8 Å². The Hall–Kier alpha value is -2.78. The van der Waals surface area contributed by atoms with Crippen molar-refractivity contribution in [1.82, 2.24) is 9.29 Å². The monoisotopic (exact) mass is 430 g/mol. The second kappa shape index (κ2) is 9.36. The number of anilines is 2. The first-order valence-electron chi connectivity index (χ1n) is 9.89. The van der Waals surface area contributed by atoms with E-state index in [0.717, 1.165) is 0 Å². The number of amides is 2. The van der Waals surface area contributed by atoms with Gasteiger partial charge in [-0.1, -0.05) is 19.9 Å². The molecule has 2 heterocycles. The van der Waals surface area contributed by atoms with E-state index in [9.17, 15) is 18.0 Å². The minimum Gasteiger partial charge on any atom is -0.326 e. The number of hydrogen-bond acceptors (Lipinski definition) is 5. The van der Waals surface area contributed by atoms with Crippen molar-refractivity contribution in [3.8, 4) is 0 Å². The molecule has 0 saturated carbocycles. The highest BCUT2D eigenvalue weighted by Gasteiger charge is 2.32. The standard InChI is InChI=1S/C21H26N4O4S/c1-15(2)20(26)23-17-5-3-6-18(13-17)24-21(27)16-8-11-25(12-9-16)30(28,29)19-7-4-10-22-14-19/h3-7,10,13-16H,8-9,11-12H2,1-2H3,(H,23,26)(H,24,27). The molecule has 0 unspecified atom stereocenters. The van der Waals surface area contributed by atoms with Crippen molar-refractivity contribution in [3.05, 3.63) is 48.8 Å². The average Bonchev–Trinajstić information content (AvgIpc) is 2.74. The summed E-state index contributed by atoms with van der Waals surface area (Å²) >= 11 is 0. The smallest absolute Gasteiger partial charge is 0.244 e. The summed E-state index contributed by atoms with van der Waals surface area (Å²) in [6, 6.07) is 10.1. The van der Waals surface area contributed by atoms with Crippen molar-refractivity contribution in [2.24, 2.45) is 11.8 Å². The number of benzene rings is 1. The number of carbonyl (C=O) groups excluding carboxylic acids is 2. The Morgan fingerprint density at radius 2 is 1.73 bits per heavy atom. The van der Waals surface area contributed by atoms with Gasteiger partial charge in [0.2, 0.25) is 21.8 Å². The third kappa shape index (κ3) is 5.22. The van der Waals surface area contributed by atoms with Gasteiger partial charge in [0.25, 0.3) is 0 Å². The van der Waals surface area contributed by atoms with E-state index in [-0.39, 0.29) is 41.6 Å². The van der Waals surface area contributed by atoms with Gasteiger partial charge >= 0.3 is 0 Å². The van der Waals surface area contributed by atoms with Gasteiger partial charge in [-0.15, -0.1) is 0 Å². The first-order chi connectivity index (χ1) is 14.3. The number of nitrogens with zero attached hydrogens (tertiary/aromatic N) is 2. The van der Waals surface area contributed by atoms with Crippen molar-refractivity contribution in [1.29, 1.82) is 0 Å². The van der Waals surface area contributed by atoms with Gasteiger partial charge < -0.3 is 10.6 Å². The maximum absolute atomic E-state index is 12.7. The fraction of sp³-hybridized carbons (Fsp3) is 0.381. The van der Waals surface area contributed by atoms with E-state index in [0.29, 0.717) is 24.2 Å². The fourth-order valence-corrected chi connectivity index (χ4v) is 4.65. The van der Waals surface area contributed by atoms with Crippen LogP contribution in [0.2, 0.25) is 0 Å². The molecular weight excluding hydrogens is 404 g/mol. The Labute approximate surface area is 176 Å². The molecule has 1 aromatic carbocycles. The Morgan fingerprint density at radius 3 is 2.33 bits per heavy atom. The Morgan fingerprint density at radius 1 is 1.07 bits per heavy atom. The number of carbonyl (C=O) groups is 2. The molecule has 1 aromatic heterocycles. The first-order valence-corrected chi connectivity index (χ1v) is 11.3. The second-order valence-corrected chi connectivity index (χ2v) is 9.52. The van der Waals surface area contributed by atoms with Gasteiger partial charge in [-0.2, -0.15) is 4.31 Å². The van der Waals surface area contributed by atoms with Crippen molar-refractivity contribution in [3.63, 3.8) is 0 Å². The van der Waals surface area contributed by atoms with Gasteiger partial charge in [0.1, 0.15) is 4.90 Å². The molecule has 0 spiro atoms. The topological polar surface area (TPSA) is 108 Å². The van der Waals surface area contributed by atoms with Gasteiger partial charge in [0.05, 0.1) is 0 Å². The van der Waals surface area contributed by atoms with Crippen LogP contribution in [-0.4, -0.2) is 42.6 Å². The highest BCUT2D eigenvalue weighted by molar-refractivity contribution is 7.89. The van der Waals surface area contributed by atoms with Crippen LogP contribution in [-0.2, 0) is 19.6 Å². The highest BCUT2D eigenvalue weighted by atomic mass is 32.2. The zero-order valence-corrected chi connectivity index (χ0v) is 17.9. The fourth-order valence-electron chi connectivity index (χ4n) is 3.21. The van der Waals surface area contributed by atoms with Gasteiger partial charge in [0.15, 0.2) is 0 Å². The normalized spacial score (nSPS) is 15.7. The summed E-state index contributed by atoms with van der Waals surface area (Å²) in [7, 11) is -3.60. The Kier molecular flexibility index (Phi) is 6.84. The summed E-state index contributed by atoms with van der Waals surface area (Å²) in [4.78, 5) is 28.5. The third-order valence-electron chi connectivity index (χ3n) is 5.02. The summed E-state index contributed by atoms with van der Waals surface area (Å²) in [6.07, 6.45) is 3.74. The van der Waals surface area contributed by atoms with Crippen LogP contribution in [0.3, 0.4) is 0 Å². The van der Waals surface area contributed by atoms with Gasteiger partial charge in [-0.25, -0.2) is 8.42 Å². The summed E-state index contributed by atoms with van der Waals surface area (Å²) in [6.45, 7) is 4.17. The lowest BCUT2D eigenvalue weighted by atomic mass is 9.97. The number of aromatic nitrogens is 1. The van der Waals surface area contributed by atoms with Crippen molar-refractivity contribution >= 4 is 33.2 Å². The van der Waals surface area contributed by atoms with Crippen molar-refractivity contribution in [2.75, 3.05) is 23.7 Å². The van der Waals surface area contributed by atoms with E-state index in [1.807, 2.05) is 13.8 Å². The Balaban J connectivity index is 1.58. The van der Waals surface area contributed by atoms with E-state index < -0.39 is 10.0 Å². The Bertz CT molecular complexity index is 1000. The number of pyridine rings is 1. The molecule has 160 valence electrons. The lowest BCUT2D eigenvalue weighted by Crippen LogP contribution is -2.41. The number of nitrogens with one attached hydrogen (secondary N) is 2. The van der Waals surface area contributed by atoms with Gasteiger partial charge in [0, 0.05) is 48.7 Å². The maximum atomic E-state index is 12.7. The molecule has 2 amide bonds. The summed E-state index contributed by atoms with van der Waals surface area (Å²) < 4.78 is 26.8. The predicted octanol–water partition coefficient (Wildman–Crippen LogP) is 2.72. The van der Waals surface area contributed by atoms with Crippen LogP contribution >= 0.6 is 0 Å². The van der Waals surface area contributed by atoms with Crippen LogP contribution < -0.4 is 10.6 Å². The van der Waals surface area contributed by atoms with Crippen LogP contribution in [0.5, 0.6) is 0 Å². The average molecular weight is 431 g/mol. The molecule has 2 N–H and O–H groups in total. The summed E-state index contributed by atoms with van der Waals surface area (Å²) in [5.74, 6) is -0.669. The zero-order chi connectivity index (χ0) is 21.7. The van der Waals surface area contributed by atoms with Crippen LogP contribution in [0.15, 0.2) is 53.7 Å². The molecule has 2 aromatic rings. The van der Waals surface area contributed by atoms with Gasteiger partial charge in [-0.3, -0.25) is 14.6 Å². The zero-order valence-electron chi connectivity index (χ0n) is 17.0. The molecule has 1 aliphatic rings. The highest BCUT2D eigenvalue weighted by Crippen LogP contribution is 2.25. The number of hydrogen-bond donors (Lipinski definition) is 2. The molecule has 1 aliphatic heterocycles. The summed E-state index contributed by atoms with van der Waals surface area (Å²) in [5, 5.41) is 5.68. The minimum absolute atomic E-state index is 0.0966. The van der Waals surface area contributed by atoms with Crippen molar-refractivity contribution < 1.29 is 18.0 Å². The van der Waals surface area contributed by atoms with E-state index >= 15 is 0 Å². The molecule has 0 bridgehead atoms. The molecule has 8 nitrogen and oxygen atoms in total. The first kappa shape index (κ1) is 21.9.